The fourth-order valence-electron chi connectivity index (χ4n) is 4.28. The molecule has 1 aliphatic heterocycles. The van der Waals surface area contributed by atoms with Crippen molar-refractivity contribution < 1.29 is 8.42 Å². The SMILES string of the molecule is CCN(CC)c1ccc2c(c1)Sc1cc(N(CC)CC)ccc1N2S(=O)(=O)c1ccccc1. The first-order valence-electron chi connectivity index (χ1n) is 11.5. The van der Waals surface area contributed by atoms with Gasteiger partial charge < -0.3 is 9.80 Å². The van der Waals surface area contributed by atoms with Gasteiger partial charge in [0.25, 0.3) is 10.0 Å². The molecule has 0 saturated carbocycles. The van der Waals surface area contributed by atoms with Crippen molar-refractivity contribution in [1.82, 2.24) is 0 Å². The van der Waals surface area contributed by atoms with E-state index in [1.54, 1.807) is 36.0 Å². The summed E-state index contributed by atoms with van der Waals surface area (Å²) in [6.45, 7) is 12.1. The van der Waals surface area contributed by atoms with Crippen molar-refractivity contribution in [2.24, 2.45) is 0 Å². The molecule has 0 bridgehead atoms. The summed E-state index contributed by atoms with van der Waals surface area (Å²) in [6.07, 6.45) is 0. The van der Waals surface area contributed by atoms with E-state index in [4.69, 9.17) is 0 Å². The molecule has 3 aromatic rings. The largest absolute Gasteiger partial charge is 0.372 e. The highest BCUT2D eigenvalue weighted by molar-refractivity contribution is 8.00. The van der Waals surface area contributed by atoms with Crippen molar-refractivity contribution in [1.29, 1.82) is 0 Å². The van der Waals surface area contributed by atoms with Gasteiger partial charge in [-0.1, -0.05) is 30.0 Å². The van der Waals surface area contributed by atoms with Gasteiger partial charge in [0.1, 0.15) is 0 Å². The second-order valence-corrected chi connectivity index (χ2v) is 10.7. The average Bonchev–Trinajstić information content (AvgIpc) is 2.84. The monoisotopic (exact) mass is 481 g/mol. The smallest absolute Gasteiger partial charge is 0.268 e. The zero-order chi connectivity index (χ0) is 23.6. The molecule has 1 aliphatic rings. The van der Waals surface area contributed by atoms with Crippen LogP contribution < -0.4 is 14.1 Å². The molecule has 5 nitrogen and oxygen atoms in total. The van der Waals surface area contributed by atoms with Gasteiger partial charge in [-0.15, -0.1) is 0 Å². The normalized spacial score (nSPS) is 12.8. The summed E-state index contributed by atoms with van der Waals surface area (Å²) in [5.74, 6) is 0. The highest BCUT2D eigenvalue weighted by Gasteiger charge is 2.34. The summed E-state index contributed by atoms with van der Waals surface area (Å²) in [4.78, 5) is 6.73. The van der Waals surface area contributed by atoms with Crippen LogP contribution >= 0.6 is 11.8 Å². The third-order valence-corrected chi connectivity index (χ3v) is 8.92. The molecule has 174 valence electrons. The van der Waals surface area contributed by atoms with Crippen LogP contribution in [-0.4, -0.2) is 34.6 Å². The van der Waals surface area contributed by atoms with E-state index in [1.165, 1.54) is 4.31 Å². The quantitative estimate of drug-likeness (QED) is 0.374. The van der Waals surface area contributed by atoms with Crippen LogP contribution in [0.1, 0.15) is 27.7 Å². The van der Waals surface area contributed by atoms with E-state index in [0.29, 0.717) is 11.4 Å². The first-order valence-corrected chi connectivity index (χ1v) is 13.8. The lowest BCUT2D eigenvalue weighted by Crippen LogP contribution is -2.29. The molecule has 33 heavy (non-hydrogen) atoms. The van der Waals surface area contributed by atoms with Crippen molar-refractivity contribution in [3.05, 3.63) is 66.7 Å². The summed E-state index contributed by atoms with van der Waals surface area (Å²) in [6, 6.07) is 20.8. The number of fused-ring (bicyclic) bond motifs is 2. The van der Waals surface area contributed by atoms with E-state index in [2.05, 4.69) is 49.6 Å². The van der Waals surface area contributed by atoms with Gasteiger partial charge >= 0.3 is 0 Å². The Morgan fingerprint density at radius 1 is 0.697 bits per heavy atom. The fraction of sp³-hybridized carbons (Fsp3) is 0.308. The van der Waals surface area contributed by atoms with Crippen LogP contribution in [0.3, 0.4) is 0 Å². The number of anilines is 4. The Balaban J connectivity index is 1.91. The van der Waals surface area contributed by atoms with Gasteiger partial charge in [-0.2, -0.15) is 0 Å². The Labute approximate surface area is 202 Å². The van der Waals surface area contributed by atoms with Crippen molar-refractivity contribution in [3.63, 3.8) is 0 Å². The molecule has 1 heterocycles. The van der Waals surface area contributed by atoms with Gasteiger partial charge in [-0.25, -0.2) is 12.7 Å². The summed E-state index contributed by atoms with van der Waals surface area (Å²) in [7, 11) is -3.78. The van der Waals surface area contributed by atoms with Crippen molar-refractivity contribution in [2.75, 3.05) is 40.3 Å². The predicted molar refractivity (Wildman–Crippen MR) is 140 cm³/mol. The van der Waals surface area contributed by atoms with Crippen molar-refractivity contribution in [3.8, 4) is 0 Å². The lowest BCUT2D eigenvalue weighted by Gasteiger charge is -2.34. The van der Waals surface area contributed by atoms with Crippen molar-refractivity contribution >= 4 is 44.5 Å². The minimum atomic E-state index is -3.78. The molecule has 0 aliphatic carbocycles. The molecular weight excluding hydrogens is 450 g/mol. The fourth-order valence-corrected chi connectivity index (χ4v) is 7.07. The first kappa shape index (κ1) is 23.5. The molecule has 0 aromatic heterocycles. The average molecular weight is 482 g/mol. The molecule has 0 fully saturated rings. The Hall–Kier alpha value is -2.64. The number of nitrogens with zero attached hydrogens (tertiary/aromatic N) is 3. The highest BCUT2D eigenvalue weighted by atomic mass is 32.2. The molecule has 4 rings (SSSR count). The number of sulfonamides is 1. The molecule has 0 radical (unpaired) electrons. The van der Waals surface area contributed by atoms with Crippen LogP contribution in [0, 0.1) is 0 Å². The Morgan fingerprint density at radius 2 is 1.15 bits per heavy atom. The summed E-state index contributed by atoms with van der Waals surface area (Å²) in [5, 5.41) is 0. The van der Waals surface area contributed by atoms with E-state index in [0.717, 1.165) is 47.3 Å². The molecule has 0 spiro atoms. The molecule has 0 atom stereocenters. The van der Waals surface area contributed by atoms with Gasteiger partial charge in [0.15, 0.2) is 0 Å². The van der Waals surface area contributed by atoms with Gasteiger partial charge in [0.05, 0.1) is 16.3 Å². The van der Waals surface area contributed by atoms with Gasteiger partial charge in [0.2, 0.25) is 0 Å². The second kappa shape index (κ2) is 9.69. The maximum Gasteiger partial charge on any atom is 0.268 e. The van der Waals surface area contributed by atoms with E-state index in [1.807, 2.05) is 30.3 Å². The molecule has 7 heteroatoms. The molecule has 3 aromatic carbocycles. The lowest BCUT2D eigenvalue weighted by molar-refractivity contribution is 0.595. The Kier molecular flexibility index (Phi) is 6.91. The minimum absolute atomic E-state index is 0.287. The topological polar surface area (TPSA) is 43.9 Å². The van der Waals surface area contributed by atoms with Gasteiger partial charge in [-0.05, 0) is 76.2 Å². The van der Waals surface area contributed by atoms with Crippen LogP contribution in [-0.2, 0) is 10.0 Å². The van der Waals surface area contributed by atoms with Gasteiger partial charge in [-0.3, -0.25) is 0 Å². The van der Waals surface area contributed by atoms with Crippen LogP contribution in [0.5, 0.6) is 0 Å². The van der Waals surface area contributed by atoms with E-state index < -0.39 is 10.0 Å². The maximum absolute atomic E-state index is 13.9. The summed E-state index contributed by atoms with van der Waals surface area (Å²) in [5.41, 5.74) is 3.60. The van der Waals surface area contributed by atoms with E-state index >= 15 is 0 Å². The van der Waals surface area contributed by atoms with Gasteiger partial charge in [0, 0.05) is 47.3 Å². The summed E-state index contributed by atoms with van der Waals surface area (Å²) >= 11 is 1.64. The van der Waals surface area contributed by atoms with Crippen LogP contribution in [0.4, 0.5) is 22.7 Å². The molecule has 0 N–H and O–H groups in total. The number of hydrogen-bond donors (Lipinski definition) is 0. The number of hydrogen-bond acceptors (Lipinski definition) is 5. The third-order valence-electron chi connectivity index (χ3n) is 6.08. The van der Waals surface area contributed by atoms with Crippen LogP contribution in [0.25, 0.3) is 0 Å². The number of benzene rings is 3. The third kappa shape index (κ3) is 4.32. The zero-order valence-corrected chi connectivity index (χ0v) is 21.3. The van der Waals surface area contributed by atoms with E-state index in [9.17, 15) is 8.42 Å². The zero-order valence-electron chi connectivity index (χ0n) is 19.7. The Morgan fingerprint density at radius 3 is 1.58 bits per heavy atom. The minimum Gasteiger partial charge on any atom is -0.372 e. The first-order chi connectivity index (χ1) is 15.9. The highest BCUT2D eigenvalue weighted by Crippen LogP contribution is 2.52. The summed E-state index contributed by atoms with van der Waals surface area (Å²) < 4.78 is 29.3. The predicted octanol–water partition coefficient (Wildman–Crippen LogP) is 6.37. The standard InChI is InChI=1S/C26H31N3O2S2/c1-5-27(6-2)20-14-16-23-25(18-20)32-26-19-21(28(7-3)8-4)15-17-24(26)29(23)33(30,31)22-12-10-9-11-13-22/h9-19H,5-8H2,1-4H3. The number of rotatable bonds is 8. The lowest BCUT2D eigenvalue weighted by atomic mass is 10.2. The van der Waals surface area contributed by atoms with E-state index in [-0.39, 0.29) is 4.90 Å². The second-order valence-electron chi connectivity index (χ2n) is 7.83. The molecule has 0 saturated heterocycles. The molecular formula is C26H31N3O2S2. The van der Waals surface area contributed by atoms with Crippen molar-refractivity contribution in [2.45, 2.75) is 42.4 Å². The van der Waals surface area contributed by atoms with Crippen LogP contribution in [0.15, 0.2) is 81.4 Å². The van der Waals surface area contributed by atoms with Crippen LogP contribution in [0.2, 0.25) is 0 Å². The maximum atomic E-state index is 13.9. The molecule has 0 unspecified atom stereocenters. The molecule has 0 amide bonds. The Bertz CT molecular complexity index is 1160.